The molecule has 0 saturated heterocycles. The highest BCUT2D eigenvalue weighted by molar-refractivity contribution is 5.85. The molecule has 0 radical (unpaired) electrons. The second-order valence-corrected chi connectivity index (χ2v) is 3.38. The van der Waals surface area contributed by atoms with Crippen molar-refractivity contribution in [3.63, 3.8) is 0 Å². The van der Waals surface area contributed by atoms with Gasteiger partial charge in [-0.05, 0) is 33.2 Å². The highest BCUT2D eigenvalue weighted by Crippen LogP contribution is 2.01. The predicted octanol–water partition coefficient (Wildman–Crippen LogP) is 0.816. The largest absolute Gasteiger partial charge is 0.462 e. The van der Waals surface area contributed by atoms with Gasteiger partial charge in [0.05, 0.1) is 6.10 Å². The van der Waals surface area contributed by atoms with Crippen molar-refractivity contribution in [3.8, 4) is 0 Å². The van der Waals surface area contributed by atoms with Gasteiger partial charge in [0.2, 0.25) is 0 Å². The molecule has 0 heterocycles. The summed E-state index contributed by atoms with van der Waals surface area (Å²) >= 11 is 0. The van der Waals surface area contributed by atoms with Crippen molar-refractivity contribution in [1.82, 2.24) is 0 Å². The van der Waals surface area contributed by atoms with Crippen molar-refractivity contribution in [2.24, 2.45) is 11.5 Å². The standard InChI is InChI=1S/C9H20N2O2.ClH/c1-7(2)13-9(12)8(11)5-3-4-6-10;/h7-8H,3-6,10-11H2,1-2H3;1H. The monoisotopic (exact) mass is 224 g/mol. The van der Waals surface area contributed by atoms with Crippen molar-refractivity contribution in [3.05, 3.63) is 0 Å². The molecule has 0 aromatic rings. The van der Waals surface area contributed by atoms with Crippen molar-refractivity contribution in [1.29, 1.82) is 0 Å². The zero-order chi connectivity index (χ0) is 10.3. The Balaban J connectivity index is 0. The summed E-state index contributed by atoms with van der Waals surface area (Å²) in [4.78, 5) is 11.2. The van der Waals surface area contributed by atoms with Gasteiger partial charge in [-0.1, -0.05) is 6.42 Å². The molecule has 0 aromatic carbocycles. The van der Waals surface area contributed by atoms with Crippen LogP contribution >= 0.6 is 12.4 Å². The molecule has 0 aromatic heterocycles. The summed E-state index contributed by atoms with van der Waals surface area (Å²) in [6, 6.07) is -0.492. The van der Waals surface area contributed by atoms with E-state index in [0.29, 0.717) is 13.0 Å². The Labute approximate surface area is 91.8 Å². The molecule has 0 spiro atoms. The Hall–Kier alpha value is -0.320. The van der Waals surface area contributed by atoms with Gasteiger partial charge in [0.15, 0.2) is 0 Å². The Morgan fingerprint density at radius 3 is 2.36 bits per heavy atom. The van der Waals surface area contributed by atoms with Gasteiger partial charge in [-0.3, -0.25) is 4.79 Å². The minimum Gasteiger partial charge on any atom is -0.462 e. The quantitative estimate of drug-likeness (QED) is 0.517. The summed E-state index contributed by atoms with van der Waals surface area (Å²) in [5.74, 6) is -0.313. The molecule has 0 rings (SSSR count). The van der Waals surface area contributed by atoms with E-state index in [-0.39, 0.29) is 24.5 Å². The lowest BCUT2D eigenvalue weighted by Crippen LogP contribution is -2.33. The van der Waals surface area contributed by atoms with Crippen LogP contribution in [0, 0.1) is 0 Å². The van der Waals surface area contributed by atoms with Crippen LogP contribution in [-0.2, 0) is 9.53 Å². The maximum atomic E-state index is 11.2. The van der Waals surface area contributed by atoms with Crippen molar-refractivity contribution in [2.75, 3.05) is 6.54 Å². The van der Waals surface area contributed by atoms with Gasteiger partial charge in [-0.15, -0.1) is 12.4 Å². The zero-order valence-electron chi connectivity index (χ0n) is 8.86. The molecule has 1 unspecified atom stereocenters. The van der Waals surface area contributed by atoms with Crippen LogP contribution < -0.4 is 11.5 Å². The van der Waals surface area contributed by atoms with Gasteiger partial charge in [-0.25, -0.2) is 0 Å². The molecule has 1 atom stereocenters. The highest BCUT2D eigenvalue weighted by Gasteiger charge is 2.15. The zero-order valence-corrected chi connectivity index (χ0v) is 9.68. The third-order valence-corrected chi connectivity index (χ3v) is 1.62. The lowest BCUT2D eigenvalue weighted by molar-refractivity contribution is -0.149. The van der Waals surface area contributed by atoms with E-state index in [9.17, 15) is 4.79 Å². The molecule has 86 valence electrons. The van der Waals surface area contributed by atoms with E-state index >= 15 is 0 Å². The molecule has 0 aliphatic carbocycles. The predicted molar refractivity (Wildman–Crippen MR) is 59.4 cm³/mol. The van der Waals surface area contributed by atoms with E-state index in [4.69, 9.17) is 16.2 Å². The summed E-state index contributed by atoms with van der Waals surface area (Å²) in [6.45, 7) is 4.26. The van der Waals surface area contributed by atoms with Crippen LogP contribution in [0.25, 0.3) is 0 Å². The number of unbranched alkanes of at least 4 members (excludes halogenated alkanes) is 1. The average Bonchev–Trinajstić information content (AvgIpc) is 2.03. The first kappa shape index (κ1) is 16.1. The van der Waals surface area contributed by atoms with Gasteiger partial charge in [-0.2, -0.15) is 0 Å². The van der Waals surface area contributed by atoms with Crippen LogP contribution in [0.15, 0.2) is 0 Å². The number of carbonyl (C=O) groups excluding carboxylic acids is 1. The van der Waals surface area contributed by atoms with Crippen LogP contribution in [0.2, 0.25) is 0 Å². The average molecular weight is 225 g/mol. The molecular formula is C9H21ClN2O2. The number of nitrogens with two attached hydrogens (primary N) is 2. The lowest BCUT2D eigenvalue weighted by Gasteiger charge is -2.13. The van der Waals surface area contributed by atoms with E-state index < -0.39 is 6.04 Å². The van der Waals surface area contributed by atoms with E-state index in [1.54, 1.807) is 0 Å². The summed E-state index contributed by atoms with van der Waals surface area (Å²) in [7, 11) is 0. The van der Waals surface area contributed by atoms with Crippen molar-refractivity contribution >= 4 is 18.4 Å². The molecule has 0 bridgehead atoms. The number of hydrogen-bond acceptors (Lipinski definition) is 4. The molecule has 0 aliphatic heterocycles. The Morgan fingerprint density at radius 1 is 1.36 bits per heavy atom. The van der Waals surface area contributed by atoms with Crippen molar-refractivity contribution in [2.45, 2.75) is 45.3 Å². The topological polar surface area (TPSA) is 78.3 Å². The first-order chi connectivity index (χ1) is 6.07. The molecule has 0 amide bonds. The second-order valence-electron chi connectivity index (χ2n) is 3.38. The molecule has 0 fully saturated rings. The minimum atomic E-state index is -0.492. The number of carbonyl (C=O) groups is 1. The van der Waals surface area contributed by atoms with Crippen LogP contribution in [0.3, 0.4) is 0 Å². The van der Waals surface area contributed by atoms with Crippen molar-refractivity contribution < 1.29 is 9.53 Å². The molecule has 4 N–H and O–H groups in total. The minimum absolute atomic E-state index is 0. The Bertz CT molecular complexity index is 154. The molecule has 14 heavy (non-hydrogen) atoms. The van der Waals surface area contributed by atoms with Gasteiger partial charge in [0.25, 0.3) is 0 Å². The van der Waals surface area contributed by atoms with Gasteiger partial charge in [0, 0.05) is 0 Å². The fourth-order valence-corrected chi connectivity index (χ4v) is 0.946. The molecule has 0 aliphatic rings. The summed E-state index contributed by atoms with van der Waals surface area (Å²) < 4.78 is 4.95. The summed E-state index contributed by atoms with van der Waals surface area (Å²) in [5, 5.41) is 0. The van der Waals surface area contributed by atoms with Crippen LogP contribution in [0.1, 0.15) is 33.1 Å². The maximum Gasteiger partial charge on any atom is 0.323 e. The van der Waals surface area contributed by atoms with E-state index in [0.717, 1.165) is 12.8 Å². The first-order valence-corrected chi connectivity index (χ1v) is 4.74. The van der Waals surface area contributed by atoms with E-state index in [1.807, 2.05) is 13.8 Å². The fraction of sp³-hybridized carbons (Fsp3) is 0.889. The number of ether oxygens (including phenoxy) is 1. The third kappa shape index (κ3) is 8.29. The van der Waals surface area contributed by atoms with Gasteiger partial charge < -0.3 is 16.2 Å². The van der Waals surface area contributed by atoms with E-state index in [1.165, 1.54) is 0 Å². The van der Waals surface area contributed by atoms with Crippen LogP contribution in [0.4, 0.5) is 0 Å². The lowest BCUT2D eigenvalue weighted by atomic mass is 10.1. The van der Waals surface area contributed by atoms with Gasteiger partial charge >= 0.3 is 5.97 Å². The number of rotatable bonds is 6. The SMILES string of the molecule is CC(C)OC(=O)C(N)CCCCN.Cl. The smallest absolute Gasteiger partial charge is 0.323 e. The Kier molecular flexibility index (Phi) is 10.6. The van der Waals surface area contributed by atoms with E-state index in [2.05, 4.69) is 0 Å². The summed E-state index contributed by atoms with van der Waals surface area (Å²) in [6.07, 6.45) is 2.35. The van der Waals surface area contributed by atoms with Crippen LogP contribution in [-0.4, -0.2) is 24.7 Å². The summed E-state index contributed by atoms with van der Waals surface area (Å²) in [5.41, 5.74) is 10.9. The molecule has 4 nitrogen and oxygen atoms in total. The number of halogens is 1. The number of hydrogen-bond donors (Lipinski definition) is 2. The molecular weight excluding hydrogens is 204 g/mol. The number of esters is 1. The second kappa shape index (κ2) is 9.24. The van der Waals surface area contributed by atoms with Crippen LogP contribution in [0.5, 0.6) is 0 Å². The third-order valence-electron chi connectivity index (χ3n) is 1.62. The molecule has 0 saturated carbocycles. The molecule has 5 heteroatoms. The maximum absolute atomic E-state index is 11.2. The first-order valence-electron chi connectivity index (χ1n) is 4.74. The fourth-order valence-electron chi connectivity index (χ4n) is 0.946. The Morgan fingerprint density at radius 2 is 1.93 bits per heavy atom. The van der Waals surface area contributed by atoms with Gasteiger partial charge in [0.1, 0.15) is 6.04 Å². The normalized spacial score (nSPS) is 12.1. The highest BCUT2D eigenvalue weighted by atomic mass is 35.5.